The van der Waals surface area contributed by atoms with Crippen LogP contribution in [-0.2, 0) is 21.3 Å². The molecule has 0 saturated carbocycles. The highest BCUT2D eigenvalue weighted by atomic mass is 32.2. The molecule has 1 rings (SSSR count). The van der Waals surface area contributed by atoms with E-state index in [0.717, 1.165) is 0 Å². The lowest BCUT2D eigenvalue weighted by atomic mass is 10.2. The van der Waals surface area contributed by atoms with Gasteiger partial charge in [0.25, 0.3) is 0 Å². The van der Waals surface area contributed by atoms with Crippen molar-refractivity contribution in [3.63, 3.8) is 0 Å². The molecule has 1 aromatic rings. The van der Waals surface area contributed by atoms with E-state index in [2.05, 4.69) is 0 Å². The molecule has 0 spiro atoms. The monoisotopic (exact) mass is 244 g/mol. The molecule has 3 nitrogen and oxygen atoms in total. The Kier molecular flexibility index (Phi) is 4.61. The first-order chi connectivity index (χ1) is 7.49. The van der Waals surface area contributed by atoms with Crippen molar-refractivity contribution in [3.8, 4) is 0 Å². The first kappa shape index (κ1) is 12.8. The summed E-state index contributed by atoms with van der Waals surface area (Å²) in [5.41, 5.74) is 0.621. The number of benzene rings is 1. The van der Waals surface area contributed by atoms with Crippen molar-refractivity contribution >= 4 is 16.8 Å². The fourth-order valence-corrected chi connectivity index (χ4v) is 2.59. The molecular weight excluding hydrogens is 231 g/mol. The summed E-state index contributed by atoms with van der Waals surface area (Å²) in [6, 6.07) is 5.84. The first-order valence-electron chi connectivity index (χ1n) is 4.81. The minimum atomic E-state index is -1.28. The minimum Gasteiger partial charge on any atom is -0.481 e. The van der Waals surface area contributed by atoms with Crippen LogP contribution in [-0.4, -0.2) is 21.0 Å². The third-order valence-electron chi connectivity index (χ3n) is 2.07. The quantitative estimate of drug-likeness (QED) is 0.859. The van der Waals surface area contributed by atoms with Gasteiger partial charge in [0, 0.05) is 22.3 Å². The Hall–Kier alpha value is -1.23. The number of rotatable bonds is 5. The van der Waals surface area contributed by atoms with E-state index in [9.17, 15) is 13.4 Å². The molecule has 0 aliphatic carbocycles. The van der Waals surface area contributed by atoms with Crippen molar-refractivity contribution in [1.29, 1.82) is 0 Å². The molecule has 0 aliphatic heterocycles. The van der Waals surface area contributed by atoms with Gasteiger partial charge in [-0.25, -0.2) is 4.39 Å². The maximum Gasteiger partial charge on any atom is 0.307 e. The Morgan fingerprint density at radius 2 is 2.25 bits per heavy atom. The molecule has 2 atom stereocenters. The number of hydrogen-bond donors (Lipinski definition) is 1. The Morgan fingerprint density at radius 1 is 1.56 bits per heavy atom. The van der Waals surface area contributed by atoms with Crippen LogP contribution in [0, 0.1) is 11.7 Å². The average Bonchev–Trinajstić information content (AvgIpc) is 2.16. The van der Waals surface area contributed by atoms with Crippen molar-refractivity contribution in [1.82, 2.24) is 0 Å². The average molecular weight is 244 g/mol. The summed E-state index contributed by atoms with van der Waals surface area (Å²) in [6.45, 7) is 1.51. The van der Waals surface area contributed by atoms with Crippen molar-refractivity contribution in [2.24, 2.45) is 5.92 Å². The third-order valence-corrected chi connectivity index (χ3v) is 3.60. The van der Waals surface area contributed by atoms with Gasteiger partial charge in [-0.2, -0.15) is 0 Å². The highest BCUT2D eigenvalue weighted by Crippen LogP contribution is 2.08. The van der Waals surface area contributed by atoms with E-state index in [-0.39, 0.29) is 17.3 Å². The molecule has 88 valence electrons. The van der Waals surface area contributed by atoms with E-state index >= 15 is 0 Å². The van der Waals surface area contributed by atoms with E-state index in [4.69, 9.17) is 5.11 Å². The maximum absolute atomic E-state index is 12.8. The molecule has 0 aromatic heterocycles. The smallest absolute Gasteiger partial charge is 0.307 e. The zero-order valence-corrected chi connectivity index (χ0v) is 9.67. The standard InChI is InChI=1S/C11H13FO3S/c1-8(11(13)14)6-16(15)7-9-3-2-4-10(12)5-9/h2-5,8H,6-7H2,1H3,(H,13,14). The van der Waals surface area contributed by atoms with Crippen LogP contribution in [0.5, 0.6) is 0 Å². The van der Waals surface area contributed by atoms with Crippen LogP contribution in [0.3, 0.4) is 0 Å². The van der Waals surface area contributed by atoms with Crippen LogP contribution < -0.4 is 0 Å². The summed E-state index contributed by atoms with van der Waals surface area (Å²) in [7, 11) is -1.28. The van der Waals surface area contributed by atoms with Crippen LogP contribution in [0.25, 0.3) is 0 Å². The lowest BCUT2D eigenvalue weighted by Gasteiger charge is -2.06. The number of halogens is 1. The lowest BCUT2D eigenvalue weighted by molar-refractivity contribution is -0.140. The lowest BCUT2D eigenvalue weighted by Crippen LogP contribution is -2.18. The molecule has 2 unspecified atom stereocenters. The van der Waals surface area contributed by atoms with Crippen molar-refractivity contribution < 1.29 is 18.5 Å². The number of carboxylic acids is 1. The zero-order chi connectivity index (χ0) is 12.1. The summed E-state index contributed by atoms with van der Waals surface area (Å²) in [5.74, 6) is -1.70. The molecule has 0 bridgehead atoms. The second-order valence-corrected chi connectivity index (χ2v) is 5.12. The number of aliphatic carboxylic acids is 1. The van der Waals surface area contributed by atoms with Crippen LogP contribution in [0.4, 0.5) is 4.39 Å². The molecule has 1 N–H and O–H groups in total. The molecule has 16 heavy (non-hydrogen) atoms. The van der Waals surface area contributed by atoms with Gasteiger partial charge in [0.1, 0.15) is 5.82 Å². The molecule has 0 aliphatic rings. The summed E-state index contributed by atoms with van der Waals surface area (Å²) in [5, 5.41) is 8.65. The second-order valence-electron chi connectivity index (χ2n) is 3.62. The molecule has 0 heterocycles. The molecule has 5 heteroatoms. The van der Waals surface area contributed by atoms with E-state index in [1.54, 1.807) is 12.1 Å². The Morgan fingerprint density at radius 3 is 2.81 bits per heavy atom. The Labute approximate surface area is 95.8 Å². The third kappa shape index (κ3) is 4.10. The fourth-order valence-electron chi connectivity index (χ4n) is 1.22. The van der Waals surface area contributed by atoms with Crippen molar-refractivity contribution in [3.05, 3.63) is 35.6 Å². The topological polar surface area (TPSA) is 54.4 Å². The van der Waals surface area contributed by atoms with Gasteiger partial charge in [-0.05, 0) is 17.7 Å². The summed E-state index contributed by atoms with van der Waals surface area (Å²) in [6.07, 6.45) is 0. The fraction of sp³-hybridized carbons (Fsp3) is 0.364. The highest BCUT2D eigenvalue weighted by molar-refractivity contribution is 7.84. The number of hydrogen-bond acceptors (Lipinski definition) is 2. The van der Waals surface area contributed by atoms with Gasteiger partial charge >= 0.3 is 5.97 Å². The van der Waals surface area contributed by atoms with E-state index < -0.39 is 22.7 Å². The van der Waals surface area contributed by atoms with Crippen LogP contribution in [0.15, 0.2) is 24.3 Å². The molecule has 0 radical (unpaired) electrons. The van der Waals surface area contributed by atoms with Crippen LogP contribution in [0.1, 0.15) is 12.5 Å². The van der Waals surface area contributed by atoms with Crippen molar-refractivity contribution in [2.45, 2.75) is 12.7 Å². The Bertz CT molecular complexity index is 406. The zero-order valence-electron chi connectivity index (χ0n) is 8.85. The molecule has 0 amide bonds. The van der Waals surface area contributed by atoms with Gasteiger partial charge in [-0.15, -0.1) is 0 Å². The SMILES string of the molecule is CC(CS(=O)Cc1cccc(F)c1)C(=O)O. The molecule has 1 aromatic carbocycles. The van der Waals surface area contributed by atoms with E-state index in [1.165, 1.54) is 19.1 Å². The Balaban J connectivity index is 2.55. The molecule has 0 saturated heterocycles. The van der Waals surface area contributed by atoms with Gasteiger partial charge in [-0.1, -0.05) is 19.1 Å². The predicted octanol–water partition coefficient (Wildman–Crippen LogP) is 1.80. The van der Waals surface area contributed by atoms with Crippen molar-refractivity contribution in [2.75, 3.05) is 5.75 Å². The second kappa shape index (κ2) is 5.75. The van der Waals surface area contributed by atoms with Gasteiger partial charge < -0.3 is 5.11 Å². The van der Waals surface area contributed by atoms with Gasteiger partial charge in [0.2, 0.25) is 0 Å². The summed E-state index contributed by atoms with van der Waals surface area (Å²) < 4.78 is 24.4. The predicted molar refractivity (Wildman–Crippen MR) is 59.9 cm³/mol. The van der Waals surface area contributed by atoms with E-state index in [0.29, 0.717) is 5.56 Å². The molecular formula is C11H13FO3S. The minimum absolute atomic E-state index is 0.0891. The van der Waals surface area contributed by atoms with E-state index in [1.807, 2.05) is 0 Å². The maximum atomic E-state index is 12.8. The summed E-state index contributed by atoms with van der Waals surface area (Å²) >= 11 is 0. The first-order valence-corrected chi connectivity index (χ1v) is 6.30. The largest absolute Gasteiger partial charge is 0.481 e. The number of carbonyl (C=O) groups is 1. The molecule has 0 fully saturated rings. The van der Waals surface area contributed by atoms with Gasteiger partial charge in [0.15, 0.2) is 0 Å². The van der Waals surface area contributed by atoms with Gasteiger partial charge in [0.05, 0.1) is 5.92 Å². The summed E-state index contributed by atoms with van der Waals surface area (Å²) in [4.78, 5) is 10.5. The number of carboxylic acid groups (broad SMARTS) is 1. The van der Waals surface area contributed by atoms with Crippen LogP contribution in [0.2, 0.25) is 0 Å². The normalized spacial score (nSPS) is 14.4. The van der Waals surface area contributed by atoms with Crippen LogP contribution >= 0.6 is 0 Å². The van der Waals surface area contributed by atoms with Gasteiger partial charge in [-0.3, -0.25) is 9.00 Å². The highest BCUT2D eigenvalue weighted by Gasteiger charge is 2.14.